The fourth-order valence-corrected chi connectivity index (χ4v) is 4.16. The SMILES string of the molecule is CCC1C(CNC(=O)OC(C)(C)C)C(C(=O)O)=CN1c1ccc(OC)c2nc(C(F)(F)F)ccc12. The van der Waals surface area contributed by atoms with Crippen LogP contribution in [0, 0.1) is 5.92 Å². The highest BCUT2D eigenvalue weighted by Gasteiger charge is 2.39. The lowest BCUT2D eigenvalue weighted by atomic mass is 9.92. The van der Waals surface area contributed by atoms with Gasteiger partial charge in [-0.25, -0.2) is 14.6 Å². The summed E-state index contributed by atoms with van der Waals surface area (Å²) in [5.41, 5.74) is -1.22. The molecule has 0 fully saturated rings. The molecule has 3 rings (SSSR count). The molecule has 2 N–H and O–H groups in total. The average molecular weight is 495 g/mol. The molecule has 1 aromatic carbocycles. The molecule has 35 heavy (non-hydrogen) atoms. The van der Waals surface area contributed by atoms with Gasteiger partial charge in [0.2, 0.25) is 0 Å². The molecule has 0 saturated carbocycles. The van der Waals surface area contributed by atoms with E-state index in [0.29, 0.717) is 17.5 Å². The number of hydrogen-bond acceptors (Lipinski definition) is 6. The maximum absolute atomic E-state index is 13.3. The Morgan fingerprint density at radius 3 is 2.40 bits per heavy atom. The zero-order valence-corrected chi connectivity index (χ0v) is 20.1. The van der Waals surface area contributed by atoms with Gasteiger partial charge in [-0.2, -0.15) is 13.2 Å². The fourth-order valence-electron chi connectivity index (χ4n) is 4.16. The number of carbonyl (C=O) groups excluding carboxylic acids is 1. The number of rotatable bonds is 6. The Morgan fingerprint density at radius 1 is 1.17 bits per heavy atom. The molecule has 1 aliphatic rings. The van der Waals surface area contributed by atoms with Crippen molar-refractivity contribution in [1.82, 2.24) is 10.3 Å². The molecule has 1 aliphatic heterocycles. The van der Waals surface area contributed by atoms with E-state index in [9.17, 15) is 27.9 Å². The van der Waals surface area contributed by atoms with Crippen LogP contribution in [0.3, 0.4) is 0 Å². The first-order valence-electron chi connectivity index (χ1n) is 11.0. The van der Waals surface area contributed by atoms with Gasteiger partial charge in [0.25, 0.3) is 0 Å². The highest BCUT2D eigenvalue weighted by atomic mass is 19.4. The van der Waals surface area contributed by atoms with E-state index in [-0.39, 0.29) is 23.4 Å². The summed E-state index contributed by atoms with van der Waals surface area (Å²) in [5.74, 6) is -1.59. The summed E-state index contributed by atoms with van der Waals surface area (Å²) in [7, 11) is 1.34. The van der Waals surface area contributed by atoms with Crippen LogP contribution >= 0.6 is 0 Å². The number of ether oxygens (including phenoxy) is 2. The zero-order chi connectivity index (χ0) is 26.1. The second kappa shape index (κ2) is 9.63. The molecule has 0 bridgehead atoms. The van der Waals surface area contributed by atoms with Gasteiger partial charge in [-0.15, -0.1) is 0 Å². The van der Waals surface area contributed by atoms with Crippen molar-refractivity contribution >= 4 is 28.7 Å². The highest BCUT2D eigenvalue weighted by Crippen LogP contribution is 2.41. The molecule has 1 aromatic heterocycles. The molecule has 0 spiro atoms. The summed E-state index contributed by atoms with van der Waals surface area (Å²) in [6.45, 7) is 7.02. The molecule has 1 amide bonds. The van der Waals surface area contributed by atoms with Gasteiger partial charge in [0.05, 0.1) is 18.4 Å². The van der Waals surface area contributed by atoms with Crippen LogP contribution in [-0.4, -0.2) is 47.5 Å². The van der Waals surface area contributed by atoms with Gasteiger partial charge in [-0.05, 0) is 51.5 Å². The Morgan fingerprint density at radius 2 is 1.86 bits per heavy atom. The molecule has 0 aliphatic carbocycles. The van der Waals surface area contributed by atoms with Crippen molar-refractivity contribution < 1.29 is 37.3 Å². The number of carboxylic acid groups (broad SMARTS) is 1. The highest BCUT2D eigenvalue weighted by molar-refractivity contribution is 5.98. The monoisotopic (exact) mass is 495 g/mol. The number of methoxy groups -OCH3 is 1. The number of halogens is 3. The van der Waals surface area contributed by atoms with Crippen LogP contribution in [0.15, 0.2) is 36.0 Å². The lowest BCUT2D eigenvalue weighted by molar-refractivity contribution is -0.141. The molecular formula is C24H28F3N3O5. The molecule has 190 valence electrons. The van der Waals surface area contributed by atoms with Crippen molar-refractivity contribution in [2.45, 2.75) is 51.9 Å². The predicted octanol–water partition coefficient (Wildman–Crippen LogP) is 4.97. The third kappa shape index (κ3) is 5.60. The summed E-state index contributed by atoms with van der Waals surface area (Å²) in [5, 5.41) is 12.8. The van der Waals surface area contributed by atoms with Crippen molar-refractivity contribution in [2.75, 3.05) is 18.6 Å². The van der Waals surface area contributed by atoms with Crippen molar-refractivity contribution in [3.8, 4) is 5.75 Å². The van der Waals surface area contributed by atoms with Gasteiger partial charge >= 0.3 is 18.2 Å². The minimum Gasteiger partial charge on any atom is -0.494 e. The summed E-state index contributed by atoms with van der Waals surface area (Å²) >= 11 is 0. The predicted molar refractivity (Wildman–Crippen MR) is 123 cm³/mol. The summed E-state index contributed by atoms with van der Waals surface area (Å²) in [6, 6.07) is 4.94. The number of nitrogens with one attached hydrogen (secondary N) is 1. The van der Waals surface area contributed by atoms with Crippen molar-refractivity contribution in [1.29, 1.82) is 0 Å². The number of amides is 1. The Balaban J connectivity index is 2.03. The molecule has 0 saturated heterocycles. The Labute approximate surface area is 200 Å². The normalized spacial score (nSPS) is 18.4. The molecular weight excluding hydrogens is 467 g/mol. The number of carbonyl (C=O) groups is 2. The Kier molecular flexibility index (Phi) is 7.18. The van der Waals surface area contributed by atoms with Crippen molar-refractivity contribution in [2.24, 2.45) is 5.92 Å². The number of hydrogen-bond donors (Lipinski definition) is 2. The average Bonchev–Trinajstić information content (AvgIpc) is 3.13. The van der Waals surface area contributed by atoms with Gasteiger partial charge in [0.15, 0.2) is 0 Å². The van der Waals surface area contributed by atoms with E-state index in [1.165, 1.54) is 25.4 Å². The smallest absolute Gasteiger partial charge is 0.433 e. The molecule has 2 atom stereocenters. The number of nitrogens with zero attached hydrogens (tertiary/aromatic N) is 2. The topological polar surface area (TPSA) is 101 Å². The number of fused-ring (bicyclic) bond motifs is 1. The largest absolute Gasteiger partial charge is 0.494 e. The molecule has 2 heterocycles. The van der Waals surface area contributed by atoms with Gasteiger partial charge < -0.3 is 24.8 Å². The van der Waals surface area contributed by atoms with Gasteiger partial charge in [0.1, 0.15) is 22.6 Å². The second-order valence-electron chi connectivity index (χ2n) is 9.14. The van der Waals surface area contributed by atoms with Crippen molar-refractivity contribution in [3.63, 3.8) is 0 Å². The van der Waals surface area contributed by atoms with Crippen LogP contribution in [0.5, 0.6) is 5.75 Å². The Bertz CT molecular complexity index is 1160. The minimum absolute atomic E-state index is 0.00656. The molecule has 0 radical (unpaired) electrons. The van der Waals surface area contributed by atoms with Crippen LogP contribution < -0.4 is 15.0 Å². The Hall–Kier alpha value is -3.50. The van der Waals surface area contributed by atoms with E-state index in [2.05, 4.69) is 10.3 Å². The third-order valence-electron chi connectivity index (χ3n) is 5.62. The summed E-state index contributed by atoms with van der Waals surface area (Å²) < 4.78 is 50.3. The summed E-state index contributed by atoms with van der Waals surface area (Å²) in [4.78, 5) is 29.7. The minimum atomic E-state index is -4.64. The van der Waals surface area contributed by atoms with E-state index in [1.54, 1.807) is 31.7 Å². The second-order valence-corrected chi connectivity index (χ2v) is 9.14. The third-order valence-corrected chi connectivity index (χ3v) is 5.62. The number of carboxylic acids is 1. The first-order valence-corrected chi connectivity index (χ1v) is 11.0. The quantitative estimate of drug-likeness (QED) is 0.584. The molecule has 8 nitrogen and oxygen atoms in total. The van der Waals surface area contributed by atoms with Gasteiger partial charge in [0, 0.05) is 30.1 Å². The van der Waals surface area contributed by atoms with E-state index >= 15 is 0 Å². The zero-order valence-electron chi connectivity index (χ0n) is 20.1. The molecule has 2 aromatic rings. The number of alkyl carbamates (subject to hydrolysis) is 1. The maximum Gasteiger partial charge on any atom is 0.433 e. The fraction of sp³-hybridized carbons (Fsp3) is 0.458. The first kappa shape index (κ1) is 26.1. The van der Waals surface area contributed by atoms with E-state index in [1.807, 2.05) is 6.92 Å². The van der Waals surface area contributed by atoms with Crippen LogP contribution in [0.1, 0.15) is 39.8 Å². The number of aromatic nitrogens is 1. The van der Waals surface area contributed by atoms with Gasteiger partial charge in [-0.1, -0.05) is 6.92 Å². The number of anilines is 1. The number of alkyl halides is 3. The summed E-state index contributed by atoms with van der Waals surface area (Å²) in [6.07, 6.45) is -3.36. The lowest BCUT2D eigenvalue weighted by Gasteiger charge is -2.30. The first-order chi connectivity index (χ1) is 16.3. The van der Waals surface area contributed by atoms with Gasteiger partial charge in [-0.3, -0.25) is 0 Å². The van der Waals surface area contributed by atoms with Crippen LogP contribution in [0.25, 0.3) is 10.9 Å². The maximum atomic E-state index is 13.3. The molecule has 2 unspecified atom stereocenters. The number of pyridine rings is 1. The van der Waals surface area contributed by atoms with Crippen LogP contribution in [-0.2, 0) is 15.7 Å². The van der Waals surface area contributed by atoms with Crippen molar-refractivity contribution in [3.05, 3.63) is 41.7 Å². The van der Waals surface area contributed by atoms with Crippen LogP contribution in [0.2, 0.25) is 0 Å². The number of aliphatic carboxylic acids is 1. The van der Waals surface area contributed by atoms with E-state index in [0.717, 1.165) is 6.07 Å². The lowest BCUT2D eigenvalue weighted by Crippen LogP contribution is -2.41. The standard InChI is InChI=1S/C24H28F3N3O5/c1-6-16-14(11-28-22(33)35-23(2,3)4)15(21(31)32)12-30(16)17-8-9-18(34-5)20-13(17)7-10-19(29-20)24(25,26)27/h7-10,12,14,16H,6,11H2,1-5H3,(H,28,33)(H,31,32). The number of benzene rings is 1. The molecule has 11 heteroatoms. The van der Waals surface area contributed by atoms with E-state index < -0.39 is 41.5 Å². The van der Waals surface area contributed by atoms with Crippen LogP contribution in [0.4, 0.5) is 23.7 Å². The van der Waals surface area contributed by atoms with E-state index in [4.69, 9.17) is 9.47 Å².